The summed E-state index contributed by atoms with van der Waals surface area (Å²) in [6.07, 6.45) is 1.83. The molecule has 0 fully saturated rings. The lowest BCUT2D eigenvalue weighted by Gasteiger charge is -2.06. The Morgan fingerprint density at radius 3 is 2.07 bits per heavy atom. The minimum absolute atomic E-state index is 0.697. The molecule has 0 aliphatic rings. The maximum absolute atomic E-state index is 6.07. The Morgan fingerprint density at radius 1 is 0.821 bits per heavy atom. The van der Waals surface area contributed by atoms with E-state index in [0.29, 0.717) is 10.0 Å². The average molecular weight is 406 g/mol. The van der Waals surface area contributed by atoms with E-state index < -0.39 is 0 Å². The van der Waals surface area contributed by atoms with E-state index in [0.717, 1.165) is 33.9 Å². The molecule has 4 aromatic rings. The molecule has 138 valence electrons. The molecule has 0 amide bonds. The minimum Gasteiger partial charge on any atom is -0.236 e. The van der Waals surface area contributed by atoms with E-state index in [2.05, 4.69) is 0 Å². The van der Waals surface area contributed by atoms with Gasteiger partial charge in [0, 0.05) is 21.8 Å². The van der Waals surface area contributed by atoms with Gasteiger partial charge in [0.15, 0.2) is 5.82 Å². The van der Waals surface area contributed by atoms with E-state index in [9.17, 15) is 0 Å². The molecule has 4 rings (SSSR count). The van der Waals surface area contributed by atoms with Gasteiger partial charge in [-0.3, -0.25) is 0 Å². The summed E-state index contributed by atoms with van der Waals surface area (Å²) in [5.41, 5.74) is 4.81. The topological polar surface area (TPSA) is 30.2 Å². The Hall–Kier alpha value is -2.88. The second-order valence-corrected chi connectivity index (χ2v) is 7.22. The zero-order valence-corrected chi connectivity index (χ0v) is 16.7. The number of halogens is 2. The zero-order chi connectivity index (χ0) is 19.5. The molecule has 0 atom stereocenters. The van der Waals surface area contributed by atoms with Crippen molar-refractivity contribution in [1.29, 1.82) is 0 Å². The Balaban J connectivity index is 1.87. The number of rotatable bonds is 4. The standard InChI is InChI=1S/C23H17Cl2N3/c1-16-22(18-9-13-20(25)14-10-18)23(26-15-17-7-11-19(24)12-8-17)28(27-16)21-5-3-2-4-6-21/h2-15H,1H3. The maximum Gasteiger partial charge on any atom is 0.163 e. The molecule has 0 N–H and O–H groups in total. The predicted molar refractivity (Wildman–Crippen MR) is 117 cm³/mol. The van der Waals surface area contributed by atoms with Crippen LogP contribution >= 0.6 is 23.2 Å². The number of hydrogen-bond donors (Lipinski definition) is 0. The van der Waals surface area contributed by atoms with Gasteiger partial charge < -0.3 is 0 Å². The van der Waals surface area contributed by atoms with Crippen LogP contribution in [0.5, 0.6) is 0 Å². The van der Waals surface area contributed by atoms with Crippen molar-refractivity contribution < 1.29 is 0 Å². The van der Waals surface area contributed by atoms with Crippen molar-refractivity contribution in [3.05, 3.63) is 100 Å². The first-order valence-electron chi connectivity index (χ1n) is 8.82. The highest BCUT2D eigenvalue weighted by Gasteiger charge is 2.17. The van der Waals surface area contributed by atoms with E-state index in [1.807, 2.05) is 96.7 Å². The predicted octanol–water partition coefficient (Wildman–Crippen LogP) is 6.91. The third kappa shape index (κ3) is 3.86. The van der Waals surface area contributed by atoms with Crippen molar-refractivity contribution in [3.8, 4) is 16.8 Å². The first kappa shape index (κ1) is 18.5. The van der Waals surface area contributed by atoms with Gasteiger partial charge in [0.1, 0.15) is 0 Å². The number of para-hydroxylation sites is 1. The molecule has 1 aromatic heterocycles. The van der Waals surface area contributed by atoms with E-state index in [-0.39, 0.29) is 0 Å². The molecule has 0 unspecified atom stereocenters. The lowest BCUT2D eigenvalue weighted by molar-refractivity contribution is 0.863. The van der Waals surface area contributed by atoms with Crippen molar-refractivity contribution >= 4 is 35.2 Å². The van der Waals surface area contributed by atoms with Crippen LogP contribution in [0.4, 0.5) is 5.82 Å². The Labute approximate surface area is 173 Å². The maximum atomic E-state index is 6.07. The molecule has 0 saturated heterocycles. The SMILES string of the molecule is Cc1nn(-c2ccccc2)c(N=Cc2ccc(Cl)cc2)c1-c1ccc(Cl)cc1. The summed E-state index contributed by atoms with van der Waals surface area (Å²) < 4.78 is 1.87. The van der Waals surface area contributed by atoms with Gasteiger partial charge in [-0.2, -0.15) is 5.10 Å². The lowest BCUT2D eigenvalue weighted by Crippen LogP contribution is -1.96. The van der Waals surface area contributed by atoms with Crippen LogP contribution in [0, 0.1) is 6.92 Å². The van der Waals surface area contributed by atoms with Crippen LogP contribution in [0.15, 0.2) is 83.9 Å². The monoisotopic (exact) mass is 405 g/mol. The van der Waals surface area contributed by atoms with Gasteiger partial charge in [-0.25, -0.2) is 9.67 Å². The largest absolute Gasteiger partial charge is 0.236 e. The first-order valence-corrected chi connectivity index (χ1v) is 9.58. The van der Waals surface area contributed by atoms with Crippen LogP contribution in [0.25, 0.3) is 16.8 Å². The smallest absolute Gasteiger partial charge is 0.163 e. The normalized spacial score (nSPS) is 11.2. The fourth-order valence-electron chi connectivity index (χ4n) is 3.02. The first-order chi connectivity index (χ1) is 13.6. The van der Waals surface area contributed by atoms with Crippen molar-refractivity contribution in [3.63, 3.8) is 0 Å². The van der Waals surface area contributed by atoms with E-state index in [1.54, 1.807) is 0 Å². The van der Waals surface area contributed by atoms with Gasteiger partial charge in [0.25, 0.3) is 0 Å². The third-order valence-electron chi connectivity index (χ3n) is 4.38. The van der Waals surface area contributed by atoms with Crippen LogP contribution in [0.2, 0.25) is 10.0 Å². The highest BCUT2D eigenvalue weighted by Crippen LogP contribution is 2.36. The second kappa shape index (κ2) is 8.01. The zero-order valence-electron chi connectivity index (χ0n) is 15.2. The number of aliphatic imine (C=N–C) groups is 1. The van der Waals surface area contributed by atoms with Gasteiger partial charge in [-0.1, -0.05) is 65.7 Å². The molecule has 1 heterocycles. The summed E-state index contributed by atoms with van der Waals surface area (Å²) in [6, 6.07) is 25.3. The summed E-state index contributed by atoms with van der Waals surface area (Å²) in [6.45, 7) is 1.99. The molecule has 3 aromatic carbocycles. The summed E-state index contributed by atoms with van der Waals surface area (Å²) in [7, 11) is 0. The van der Waals surface area contributed by atoms with Gasteiger partial charge >= 0.3 is 0 Å². The molecule has 5 heteroatoms. The lowest BCUT2D eigenvalue weighted by atomic mass is 10.1. The highest BCUT2D eigenvalue weighted by atomic mass is 35.5. The van der Waals surface area contributed by atoms with Crippen LogP contribution in [0.3, 0.4) is 0 Å². The molecule has 3 nitrogen and oxygen atoms in total. The number of aromatic nitrogens is 2. The van der Waals surface area contributed by atoms with Crippen molar-refractivity contribution in [1.82, 2.24) is 9.78 Å². The van der Waals surface area contributed by atoms with Crippen molar-refractivity contribution in [2.24, 2.45) is 4.99 Å². The van der Waals surface area contributed by atoms with Crippen LogP contribution in [0.1, 0.15) is 11.3 Å². The summed E-state index contributed by atoms with van der Waals surface area (Å²) in [4.78, 5) is 4.80. The summed E-state index contributed by atoms with van der Waals surface area (Å²) >= 11 is 12.1. The van der Waals surface area contributed by atoms with Crippen LogP contribution in [-0.2, 0) is 0 Å². The number of benzene rings is 3. The molecule has 0 aliphatic heterocycles. The van der Waals surface area contributed by atoms with Gasteiger partial charge in [-0.05, 0) is 54.4 Å². The third-order valence-corrected chi connectivity index (χ3v) is 4.88. The average Bonchev–Trinajstić information content (AvgIpc) is 3.05. The number of nitrogens with zero attached hydrogens (tertiary/aromatic N) is 3. The summed E-state index contributed by atoms with van der Waals surface area (Å²) in [5.74, 6) is 0.765. The van der Waals surface area contributed by atoms with Crippen molar-refractivity contribution in [2.75, 3.05) is 0 Å². The molecule has 0 spiro atoms. The fourth-order valence-corrected chi connectivity index (χ4v) is 3.27. The van der Waals surface area contributed by atoms with E-state index in [1.165, 1.54) is 0 Å². The van der Waals surface area contributed by atoms with Gasteiger partial charge in [-0.15, -0.1) is 0 Å². The molecule has 0 bridgehead atoms. The number of hydrogen-bond acceptors (Lipinski definition) is 2. The molecular formula is C23H17Cl2N3. The summed E-state index contributed by atoms with van der Waals surface area (Å²) in [5, 5.41) is 6.15. The van der Waals surface area contributed by atoms with E-state index >= 15 is 0 Å². The van der Waals surface area contributed by atoms with Crippen molar-refractivity contribution in [2.45, 2.75) is 6.92 Å². The Kier molecular flexibility index (Phi) is 5.29. The molecule has 0 radical (unpaired) electrons. The molecule has 0 aliphatic carbocycles. The van der Waals surface area contributed by atoms with Crippen LogP contribution in [-0.4, -0.2) is 16.0 Å². The van der Waals surface area contributed by atoms with Gasteiger partial charge in [0.2, 0.25) is 0 Å². The highest BCUT2D eigenvalue weighted by molar-refractivity contribution is 6.30. The molecule has 28 heavy (non-hydrogen) atoms. The minimum atomic E-state index is 0.697. The van der Waals surface area contributed by atoms with E-state index in [4.69, 9.17) is 33.3 Å². The quantitative estimate of drug-likeness (QED) is 0.339. The van der Waals surface area contributed by atoms with Crippen LogP contribution < -0.4 is 0 Å². The van der Waals surface area contributed by atoms with Gasteiger partial charge in [0.05, 0.1) is 11.4 Å². The Morgan fingerprint density at radius 2 is 1.43 bits per heavy atom. The Bertz CT molecular complexity index is 1110. The second-order valence-electron chi connectivity index (χ2n) is 6.35. The fraction of sp³-hybridized carbons (Fsp3) is 0.0435. The molecule has 0 saturated carbocycles. The molecular weight excluding hydrogens is 389 g/mol. The number of aryl methyl sites for hydroxylation is 1.